The lowest BCUT2D eigenvalue weighted by Crippen LogP contribution is -2.29. The summed E-state index contributed by atoms with van der Waals surface area (Å²) >= 11 is 3.34. The van der Waals surface area contributed by atoms with E-state index in [2.05, 4.69) is 20.7 Å². The molecule has 0 bridgehead atoms. The highest BCUT2D eigenvalue weighted by Crippen LogP contribution is 2.24. The van der Waals surface area contributed by atoms with E-state index in [1.807, 2.05) is 19.1 Å². The SMILES string of the molecule is CC(CBr)CNS(=O)(=O)c1ccc2c(c1)CCC2. The molecule has 0 aliphatic heterocycles. The molecule has 1 N–H and O–H groups in total. The Hall–Kier alpha value is -0.390. The molecule has 0 radical (unpaired) electrons. The third-order valence-electron chi connectivity index (χ3n) is 3.27. The van der Waals surface area contributed by atoms with E-state index in [0.29, 0.717) is 11.4 Å². The second kappa shape index (κ2) is 5.72. The molecule has 0 saturated heterocycles. The zero-order chi connectivity index (χ0) is 13.2. The van der Waals surface area contributed by atoms with Gasteiger partial charge in [0.25, 0.3) is 0 Å². The Kier molecular flexibility index (Phi) is 4.45. The largest absolute Gasteiger partial charge is 0.240 e. The van der Waals surface area contributed by atoms with Gasteiger partial charge in [-0.05, 0) is 48.4 Å². The fourth-order valence-corrected chi connectivity index (χ4v) is 3.55. The average Bonchev–Trinajstić information content (AvgIpc) is 2.83. The molecule has 18 heavy (non-hydrogen) atoms. The number of benzene rings is 1. The van der Waals surface area contributed by atoms with Crippen molar-refractivity contribution in [3.63, 3.8) is 0 Å². The van der Waals surface area contributed by atoms with Crippen molar-refractivity contribution in [1.82, 2.24) is 4.72 Å². The first-order valence-electron chi connectivity index (χ1n) is 6.20. The zero-order valence-electron chi connectivity index (χ0n) is 10.4. The van der Waals surface area contributed by atoms with Crippen molar-refractivity contribution in [2.24, 2.45) is 5.92 Å². The summed E-state index contributed by atoms with van der Waals surface area (Å²) in [6, 6.07) is 5.49. The summed E-state index contributed by atoms with van der Waals surface area (Å²) in [4.78, 5) is 0.393. The second-order valence-electron chi connectivity index (χ2n) is 4.90. The van der Waals surface area contributed by atoms with Crippen molar-refractivity contribution in [2.45, 2.75) is 31.1 Å². The van der Waals surface area contributed by atoms with E-state index in [1.54, 1.807) is 6.07 Å². The van der Waals surface area contributed by atoms with Crippen molar-refractivity contribution in [1.29, 1.82) is 0 Å². The van der Waals surface area contributed by atoms with Crippen molar-refractivity contribution in [2.75, 3.05) is 11.9 Å². The smallest absolute Gasteiger partial charge is 0.211 e. The van der Waals surface area contributed by atoms with Crippen LogP contribution in [0.3, 0.4) is 0 Å². The van der Waals surface area contributed by atoms with E-state index < -0.39 is 10.0 Å². The maximum Gasteiger partial charge on any atom is 0.240 e. The number of fused-ring (bicyclic) bond motifs is 1. The van der Waals surface area contributed by atoms with Crippen LogP contribution in [-0.4, -0.2) is 20.3 Å². The lowest BCUT2D eigenvalue weighted by Gasteiger charge is -2.11. The summed E-state index contributed by atoms with van der Waals surface area (Å²) in [5.41, 5.74) is 2.48. The van der Waals surface area contributed by atoms with Gasteiger partial charge in [-0.25, -0.2) is 13.1 Å². The predicted molar refractivity (Wildman–Crippen MR) is 76.6 cm³/mol. The fourth-order valence-electron chi connectivity index (χ4n) is 2.11. The summed E-state index contributed by atoms with van der Waals surface area (Å²) < 4.78 is 26.9. The van der Waals surface area contributed by atoms with Crippen LogP contribution in [0.2, 0.25) is 0 Å². The van der Waals surface area contributed by atoms with Gasteiger partial charge in [-0.2, -0.15) is 0 Å². The molecule has 0 heterocycles. The standard InChI is InChI=1S/C13H18BrNO2S/c1-10(8-14)9-15-18(16,17)13-6-5-11-3-2-4-12(11)7-13/h5-7,10,15H,2-4,8-9H2,1H3. The van der Waals surface area contributed by atoms with Gasteiger partial charge in [-0.3, -0.25) is 0 Å². The molecule has 1 aliphatic carbocycles. The van der Waals surface area contributed by atoms with Gasteiger partial charge in [0.05, 0.1) is 4.90 Å². The van der Waals surface area contributed by atoms with Crippen molar-refractivity contribution in [3.8, 4) is 0 Å². The number of alkyl halides is 1. The maximum atomic E-state index is 12.1. The van der Waals surface area contributed by atoms with Gasteiger partial charge in [0.15, 0.2) is 0 Å². The Bertz CT molecular complexity index is 528. The number of hydrogen-bond donors (Lipinski definition) is 1. The van der Waals surface area contributed by atoms with Crippen molar-refractivity contribution in [3.05, 3.63) is 29.3 Å². The zero-order valence-corrected chi connectivity index (χ0v) is 12.9. The van der Waals surface area contributed by atoms with Crippen LogP contribution in [0.25, 0.3) is 0 Å². The molecule has 1 aromatic rings. The molecule has 0 fully saturated rings. The number of nitrogens with one attached hydrogen (secondary N) is 1. The average molecular weight is 332 g/mol. The first kappa shape index (κ1) is 14.0. The number of hydrogen-bond acceptors (Lipinski definition) is 2. The van der Waals surface area contributed by atoms with E-state index in [-0.39, 0.29) is 5.92 Å². The number of rotatable bonds is 5. The van der Waals surface area contributed by atoms with E-state index in [4.69, 9.17) is 0 Å². The third-order valence-corrected chi connectivity index (χ3v) is 5.79. The molecular weight excluding hydrogens is 314 g/mol. The summed E-state index contributed by atoms with van der Waals surface area (Å²) in [7, 11) is -3.36. The molecule has 3 nitrogen and oxygen atoms in total. The van der Waals surface area contributed by atoms with Gasteiger partial charge < -0.3 is 0 Å². The van der Waals surface area contributed by atoms with Crippen LogP contribution in [0.4, 0.5) is 0 Å². The topological polar surface area (TPSA) is 46.2 Å². The second-order valence-corrected chi connectivity index (χ2v) is 7.31. The van der Waals surface area contributed by atoms with Crippen molar-refractivity contribution >= 4 is 26.0 Å². The molecular formula is C13H18BrNO2S. The Morgan fingerprint density at radius 3 is 2.78 bits per heavy atom. The number of sulfonamides is 1. The summed E-state index contributed by atoms with van der Waals surface area (Å²) in [6.07, 6.45) is 3.20. The molecule has 1 atom stereocenters. The van der Waals surface area contributed by atoms with E-state index in [0.717, 1.165) is 24.6 Å². The number of halogens is 1. The molecule has 1 aliphatic rings. The Morgan fingerprint density at radius 2 is 2.06 bits per heavy atom. The molecule has 5 heteroatoms. The molecule has 0 saturated carbocycles. The normalized spacial score (nSPS) is 16.6. The summed E-state index contributed by atoms with van der Waals surface area (Å²) in [5, 5.41) is 0.791. The minimum Gasteiger partial charge on any atom is -0.211 e. The Morgan fingerprint density at radius 1 is 1.33 bits per heavy atom. The molecule has 0 spiro atoms. The van der Waals surface area contributed by atoms with Gasteiger partial charge in [-0.1, -0.05) is 28.9 Å². The van der Waals surface area contributed by atoms with Crippen LogP contribution in [0.1, 0.15) is 24.5 Å². The monoisotopic (exact) mass is 331 g/mol. The fraction of sp³-hybridized carbons (Fsp3) is 0.538. The Balaban J connectivity index is 2.15. The molecule has 100 valence electrons. The van der Waals surface area contributed by atoms with Gasteiger partial charge in [0, 0.05) is 11.9 Å². The maximum absolute atomic E-state index is 12.1. The van der Waals surface area contributed by atoms with Crippen LogP contribution in [0.15, 0.2) is 23.1 Å². The van der Waals surface area contributed by atoms with E-state index in [9.17, 15) is 8.42 Å². The Labute approximate surface area is 117 Å². The minimum atomic E-state index is -3.36. The molecule has 2 rings (SSSR count). The van der Waals surface area contributed by atoms with Gasteiger partial charge in [-0.15, -0.1) is 0 Å². The summed E-state index contributed by atoms with van der Waals surface area (Å²) in [5.74, 6) is 0.286. The minimum absolute atomic E-state index is 0.286. The van der Waals surface area contributed by atoms with Crippen molar-refractivity contribution < 1.29 is 8.42 Å². The lowest BCUT2D eigenvalue weighted by atomic mass is 10.1. The highest BCUT2D eigenvalue weighted by molar-refractivity contribution is 9.09. The molecule has 1 unspecified atom stereocenters. The highest BCUT2D eigenvalue weighted by Gasteiger charge is 2.18. The van der Waals surface area contributed by atoms with Crippen LogP contribution in [0.5, 0.6) is 0 Å². The number of aryl methyl sites for hydroxylation is 2. The van der Waals surface area contributed by atoms with Gasteiger partial charge in [0.1, 0.15) is 0 Å². The summed E-state index contributed by atoms with van der Waals surface area (Å²) in [6.45, 7) is 2.46. The van der Waals surface area contributed by atoms with Crippen LogP contribution >= 0.6 is 15.9 Å². The van der Waals surface area contributed by atoms with E-state index >= 15 is 0 Å². The molecule has 0 aromatic heterocycles. The quantitative estimate of drug-likeness (QED) is 0.842. The third kappa shape index (κ3) is 3.13. The highest BCUT2D eigenvalue weighted by atomic mass is 79.9. The lowest BCUT2D eigenvalue weighted by molar-refractivity contribution is 0.563. The van der Waals surface area contributed by atoms with Gasteiger partial charge in [0.2, 0.25) is 10.0 Å². The molecule has 0 amide bonds. The van der Waals surface area contributed by atoms with E-state index in [1.165, 1.54) is 11.1 Å². The molecule has 1 aromatic carbocycles. The van der Waals surface area contributed by atoms with Crippen LogP contribution in [-0.2, 0) is 22.9 Å². The van der Waals surface area contributed by atoms with Crippen LogP contribution in [0, 0.1) is 5.92 Å². The van der Waals surface area contributed by atoms with Crippen LogP contribution < -0.4 is 4.72 Å². The first-order chi connectivity index (χ1) is 8.53. The van der Waals surface area contributed by atoms with Gasteiger partial charge >= 0.3 is 0 Å². The predicted octanol–water partition coefficient (Wildman–Crippen LogP) is 2.48. The first-order valence-corrected chi connectivity index (χ1v) is 8.81.